The van der Waals surface area contributed by atoms with E-state index in [0.717, 1.165) is 12.8 Å². The summed E-state index contributed by atoms with van der Waals surface area (Å²) in [4.78, 5) is 0. The minimum Gasteiger partial charge on any atom is -0.347 e. The highest BCUT2D eigenvalue weighted by Crippen LogP contribution is 2.41. The monoisotopic (exact) mass is 181 g/mol. The zero-order valence-electron chi connectivity index (χ0n) is 7.79. The van der Waals surface area contributed by atoms with Gasteiger partial charge in [-0.05, 0) is 12.8 Å². The van der Waals surface area contributed by atoms with Gasteiger partial charge in [-0.15, -0.1) is 0 Å². The molecule has 0 unspecified atom stereocenters. The summed E-state index contributed by atoms with van der Waals surface area (Å²) in [6.07, 6.45) is 5.00. The van der Waals surface area contributed by atoms with Gasteiger partial charge in [0.05, 0.1) is 19.3 Å². The number of hydrogen-bond acceptors (Lipinski definition) is 3. The van der Waals surface area contributed by atoms with E-state index in [9.17, 15) is 0 Å². The molecule has 2 aliphatic rings. The normalized spacial score (nSPS) is 31.8. The molecule has 0 aromatic heterocycles. The van der Waals surface area contributed by atoms with Gasteiger partial charge in [0.1, 0.15) is 0 Å². The van der Waals surface area contributed by atoms with Crippen molar-refractivity contribution in [3.8, 4) is 6.07 Å². The van der Waals surface area contributed by atoms with Crippen molar-refractivity contribution in [1.29, 1.82) is 5.26 Å². The van der Waals surface area contributed by atoms with Gasteiger partial charge in [0, 0.05) is 18.8 Å². The first-order chi connectivity index (χ1) is 6.37. The van der Waals surface area contributed by atoms with E-state index < -0.39 is 0 Å². The lowest BCUT2D eigenvalue weighted by molar-refractivity contribution is -0.211. The summed E-state index contributed by atoms with van der Waals surface area (Å²) in [7, 11) is 0. The summed E-state index contributed by atoms with van der Waals surface area (Å²) < 4.78 is 11.3. The Morgan fingerprint density at radius 1 is 1.31 bits per heavy atom. The first-order valence-electron chi connectivity index (χ1n) is 5.02. The van der Waals surface area contributed by atoms with Crippen molar-refractivity contribution in [2.45, 2.75) is 37.9 Å². The van der Waals surface area contributed by atoms with E-state index in [1.807, 2.05) is 0 Å². The molecule has 0 aromatic rings. The second-order valence-electron chi connectivity index (χ2n) is 3.81. The molecule has 3 heteroatoms. The van der Waals surface area contributed by atoms with E-state index in [2.05, 4.69) is 6.07 Å². The van der Waals surface area contributed by atoms with Gasteiger partial charge in [-0.25, -0.2) is 0 Å². The third-order valence-corrected chi connectivity index (χ3v) is 3.06. The lowest BCUT2D eigenvalue weighted by Gasteiger charge is -2.38. The molecule has 0 amide bonds. The first kappa shape index (κ1) is 8.98. The topological polar surface area (TPSA) is 42.2 Å². The molecule has 3 nitrogen and oxygen atoms in total. The maximum absolute atomic E-state index is 8.70. The molecule has 1 spiro atoms. The van der Waals surface area contributed by atoms with Gasteiger partial charge in [0.15, 0.2) is 5.79 Å². The van der Waals surface area contributed by atoms with Gasteiger partial charge < -0.3 is 9.47 Å². The number of hydrogen-bond donors (Lipinski definition) is 0. The van der Waals surface area contributed by atoms with Gasteiger partial charge in [0.2, 0.25) is 0 Å². The van der Waals surface area contributed by atoms with Gasteiger partial charge in [-0.3, -0.25) is 0 Å². The molecule has 13 heavy (non-hydrogen) atoms. The highest BCUT2D eigenvalue weighted by atomic mass is 16.7. The molecule has 1 saturated heterocycles. The minimum absolute atomic E-state index is 0.300. The Bertz CT molecular complexity index is 215. The third kappa shape index (κ3) is 1.56. The van der Waals surface area contributed by atoms with Gasteiger partial charge in [0.25, 0.3) is 0 Å². The van der Waals surface area contributed by atoms with Crippen LogP contribution in [0.5, 0.6) is 0 Å². The Kier molecular flexibility index (Phi) is 2.52. The van der Waals surface area contributed by atoms with E-state index in [-0.39, 0.29) is 5.79 Å². The van der Waals surface area contributed by atoms with Crippen molar-refractivity contribution in [2.75, 3.05) is 13.2 Å². The number of nitriles is 1. The summed E-state index contributed by atoms with van der Waals surface area (Å²) in [6, 6.07) is 2.23. The van der Waals surface area contributed by atoms with Crippen molar-refractivity contribution < 1.29 is 9.47 Å². The fourth-order valence-corrected chi connectivity index (χ4v) is 2.40. The highest BCUT2D eigenvalue weighted by molar-refractivity contribution is 4.91. The standard InChI is InChI=1S/C10H15NO2/c11-6-4-9-3-1-2-5-10(9)12-7-8-13-10/h9H,1-5,7-8H2/t9-/m1/s1. The molecular weight excluding hydrogens is 166 g/mol. The van der Waals surface area contributed by atoms with E-state index >= 15 is 0 Å². The molecular formula is C10H15NO2. The van der Waals surface area contributed by atoms with E-state index in [4.69, 9.17) is 14.7 Å². The Morgan fingerprint density at radius 3 is 2.77 bits per heavy atom. The van der Waals surface area contributed by atoms with Crippen LogP contribution in [-0.2, 0) is 9.47 Å². The molecule has 0 N–H and O–H groups in total. The fourth-order valence-electron chi connectivity index (χ4n) is 2.40. The summed E-state index contributed by atoms with van der Waals surface area (Å²) in [5.74, 6) is -0.0812. The van der Waals surface area contributed by atoms with Gasteiger partial charge in [-0.1, -0.05) is 6.42 Å². The van der Waals surface area contributed by atoms with Gasteiger partial charge in [-0.2, -0.15) is 5.26 Å². The minimum atomic E-state index is -0.381. The molecule has 0 aromatic carbocycles. The number of rotatable bonds is 1. The number of nitrogens with zero attached hydrogens (tertiary/aromatic N) is 1. The molecule has 2 fully saturated rings. The van der Waals surface area contributed by atoms with Crippen LogP contribution in [0.15, 0.2) is 0 Å². The fraction of sp³-hybridized carbons (Fsp3) is 0.900. The molecule has 72 valence electrons. The predicted octanol–water partition coefficient (Wildman–Crippen LogP) is 1.83. The molecule has 0 radical (unpaired) electrons. The first-order valence-corrected chi connectivity index (χ1v) is 5.02. The van der Waals surface area contributed by atoms with Crippen molar-refractivity contribution in [2.24, 2.45) is 5.92 Å². The molecule has 1 aliphatic heterocycles. The molecule has 1 heterocycles. The summed E-state index contributed by atoms with van der Waals surface area (Å²) in [5.41, 5.74) is 0. The highest BCUT2D eigenvalue weighted by Gasteiger charge is 2.45. The quantitative estimate of drug-likeness (QED) is 0.619. The van der Waals surface area contributed by atoms with Crippen LogP contribution in [0, 0.1) is 17.2 Å². The Hall–Kier alpha value is -0.590. The van der Waals surface area contributed by atoms with Crippen LogP contribution in [0.1, 0.15) is 32.1 Å². The van der Waals surface area contributed by atoms with Crippen molar-refractivity contribution in [3.63, 3.8) is 0 Å². The van der Waals surface area contributed by atoms with Crippen LogP contribution < -0.4 is 0 Å². The van der Waals surface area contributed by atoms with Crippen LogP contribution in [-0.4, -0.2) is 19.0 Å². The second-order valence-corrected chi connectivity index (χ2v) is 3.81. The lowest BCUT2D eigenvalue weighted by atomic mass is 9.81. The zero-order chi connectivity index (χ0) is 9.15. The second kappa shape index (κ2) is 3.65. The van der Waals surface area contributed by atoms with Crippen LogP contribution in [0.2, 0.25) is 0 Å². The Balaban J connectivity index is 2.08. The summed E-state index contributed by atoms with van der Waals surface area (Å²) in [6.45, 7) is 1.39. The zero-order valence-corrected chi connectivity index (χ0v) is 7.79. The molecule has 2 rings (SSSR count). The molecule has 0 bridgehead atoms. The van der Waals surface area contributed by atoms with Crippen molar-refractivity contribution in [1.82, 2.24) is 0 Å². The maximum atomic E-state index is 8.70. The van der Waals surface area contributed by atoms with E-state index in [1.54, 1.807) is 0 Å². The lowest BCUT2D eigenvalue weighted by Crippen LogP contribution is -2.41. The average molecular weight is 181 g/mol. The van der Waals surface area contributed by atoms with Crippen molar-refractivity contribution >= 4 is 0 Å². The molecule has 1 aliphatic carbocycles. The summed E-state index contributed by atoms with van der Waals surface area (Å²) in [5, 5.41) is 8.70. The number of ether oxygens (including phenoxy) is 2. The predicted molar refractivity (Wildman–Crippen MR) is 46.8 cm³/mol. The smallest absolute Gasteiger partial charge is 0.172 e. The molecule has 1 atom stereocenters. The van der Waals surface area contributed by atoms with Crippen LogP contribution in [0.25, 0.3) is 0 Å². The van der Waals surface area contributed by atoms with Crippen molar-refractivity contribution in [3.05, 3.63) is 0 Å². The van der Waals surface area contributed by atoms with Gasteiger partial charge >= 0.3 is 0 Å². The Morgan fingerprint density at radius 2 is 2.08 bits per heavy atom. The SMILES string of the molecule is N#CC[C@H]1CCCCC12OCCO2. The van der Waals surface area contributed by atoms with Crippen LogP contribution in [0.3, 0.4) is 0 Å². The Labute approximate surface area is 78.6 Å². The average Bonchev–Trinajstić information content (AvgIpc) is 2.59. The van der Waals surface area contributed by atoms with E-state index in [1.165, 1.54) is 12.8 Å². The van der Waals surface area contributed by atoms with E-state index in [0.29, 0.717) is 25.6 Å². The molecule has 1 saturated carbocycles. The third-order valence-electron chi connectivity index (χ3n) is 3.06. The van der Waals surface area contributed by atoms with Crippen LogP contribution >= 0.6 is 0 Å². The maximum Gasteiger partial charge on any atom is 0.172 e. The largest absolute Gasteiger partial charge is 0.347 e. The van der Waals surface area contributed by atoms with Crippen LogP contribution in [0.4, 0.5) is 0 Å². The summed E-state index contributed by atoms with van der Waals surface area (Å²) >= 11 is 0.